The van der Waals surface area contributed by atoms with E-state index in [1.807, 2.05) is 52.0 Å². The highest BCUT2D eigenvalue weighted by atomic mass is 32.2. The molecular formula is C48H52N6O10S. The van der Waals surface area contributed by atoms with Crippen molar-refractivity contribution in [1.29, 1.82) is 0 Å². The zero-order valence-corrected chi connectivity index (χ0v) is 38.0. The summed E-state index contributed by atoms with van der Waals surface area (Å²) in [6, 6.07) is 21.1. The van der Waals surface area contributed by atoms with Crippen LogP contribution in [0.5, 0.6) is 0 Å². The number of ether oxygens (including phenoxy) is 2. The molecule has 17 heteroatoms. The Morgan fingerprint density at radius 2 is 0.892 bits per heavy atom. The van der Waals surface area contributed by atoms with E-state index in [-0.39, 0.29) is 82.1 Å². The molecule has 2 saturated heterocycles. The van der Waals surface area contributed by atoms with Gasteiger partial charge in [-0.2, -0.15) is 0 Å². The maximum absolute atomic E-state index is 13.5. The molecule has 2 aliphatic heterocycles. The van der Waals surface area contributed by atoms with Gasteiger partial charge in [-0.1, -0.05) is 100 Å². The van der Waals surface area contributed by atoms with E-state index in [0.29, 0.717) is 48.4 Å². The fraction of sp³-hybridized carbons (Fsp3) is 0.333. The van der Waals surface area contributed by atoms with Crippen LogP contribution in [0.3, 0.4) is 0 Å². The van der Waals surface area contributed by atoms with E-state index >= 15 is 0 Å². The Morgan fingerprint density at radius 3 is 1.22 bits per heavy atom. The molecule has 6 rings (SSSR count). The number of nitrogens with zero attached hydrogens (tertiary/aromatic N) is 6. The summed E-state index contributed by atoms with van der Waals surface area (Å²) in [5.41, 5.74) is 3.53. The highest BCUT2D eigenvalue weighted by Crippen LogP contribution is 2.50. The third kappa shape index (κ3) is 10.7. The smallest absolute Gasteiger partial charge is 0.409 e. The summed E-state index contributed by atoms with van der Waals surface area (Å²) in [5.74, 6) is -0.761. The Bertz CT molecular complexity index is 2370. The van der Waals surface area contributed by atoms with Crippen LogP contribution in [0.2, 0.25) is 0 Å². The zero-order valence-electron chi connectivity index (χ0n) is 37.2. The molecule has 65 heavy (non-hydrogen) atoms. The second kappa shape index (κ2) is 21.1. The molecule has 340 valence electrons. The Hall–Kier alpha value is -7.01. The van der Waals surface area contributed by atoms with Gasteiger partial charge in [0, 0.05) is 64.5 Å². The highest BCUT2D eigenvalue weighted by Gasteiger charge is 2.32. The summed E-state index contributed by atoms with van der Waals surface area (Å²) in [6.45, 7) is 10.2. The number of benzene rings is 4. The van der Waals surface area contributed by atoms with Crippen LogP contribution in [0.15, 0.2) is 94.7 Å². The molecule has 0 saturated carbocycles. The third-order valence-corrected chi connectivity index (χ3v) is 12.6. The molecule has 0 unspecified atom stereocenters. The van der Waals surface area contributed by atoms with Crippen LogP contribution in [-0.2, 0) is 19.1 Å². The molecule has 2 fully saturated rings. The Balaban J connectivity index is 1.46. The van der Waals surface area contributed by atoms with Crippen molar-refractivity contribution in [3.63, 3.8) is 0 Å². The predicted octanol–water partition coefficient (Wildman–Crippen LogP) is 9.08. The van der Waals surface area contributed by atoms with Crippen LogP contribution >= 0.6 is 11.8 Å². The molecule has 4 aromatic rings. The number of rotatable bonds is 12. The van der Waals surface area contributed by atoms with Gasteiger partial charge in [-0.3, -0.25) is 29.8 Å². The summed E-state index contributed by atoms with van der Waals surface area (Å²) in [5, 5.41) is 26.8. The molecule has 4 amide bonds. The lowest BCUT2D eigenvalue weighted by Gasteiger charge is -2.33. The molecule has 0 aliphatic carbocycles. The SMILES string of the molecule is COC(=O)N1CCN(C(=O)/C=C/c2ccc(Sc3ccc(/C=C/C(=O)N4CCN(C(=O)OC)CC4)c(-c4ccccc4C(C)C)c3[N+](=O)[O-])c([N+](=O)[O-])c2-c2ccccc2C(C)C)CC1. The van der Waals surface area contributed by atoms with Crippen molar-refractivity contribution < 1.29 is 38.5 Å². The molecule has 2 heterocycles. The first-order chi connectivity index (χ1) is 31.1. The van der Waals surface area contributed by atoms with E-state index < -0.39 is 22.0 Å². The first kappa shape index (κ1) is 47.5. The van der Waals surface area contributed by atoms with Gasteiger partial charge in [0.25, 0.3) is 11.4 Å². The summed E-state index contributed by atoms with van der Waals surface area (Å²) >= 11 is 0.897. The lowest BCUT2D eigenvalue weighted by atomic mass is 9.89. The standard InChI is InChI=1S/C48H52N6O10S/c1-31(2)35-11-7-9-13-37(35)43-33(17-21-41(55)49-23-27-51(28-24-49)47(57)63-5)15-19-39(45(43)53(59)60)65-40-20-16-34(18-22-42(56)50-25-29-52(30-26-50)48(58)64-6)44(46(40)54(61)62)38-14-10-8-12-36(38)32(3)4/h7-22,31-32H,23-30H2,1-6H3/b21-17+,22-18+. The van der Waals surface area contributed by atoms with E-state index in [9.17, 15) is 39.4 Å². The average molecular weight is 905 g/mol. The van der Waals surface area contributed by atoms with Gasteiger partial charge in [0.05, 0.1) is 45.0 Å². The fourth-order valence-corrected chi connectivity index (χ4v) is 9.19. The number of hydrogen-bond acceptors (Lipinski definition) is 11. The summed E-state index contributed by atoms with van der Waals surface area (Å²) in [7, 11) is 2.60. The molecule has 0 aromatic heterocycles. The zero-order chi connectivity index (χ0) is 46.9. The summed E-state index contributed by atoms with van der Waals surface area (Å²) in [6.07, 6.45) is 4.88. The molecule has 0 spiro atoms. The first-order valence-corrected chi connectivity index (χ1v) is 22.1. The summed E-state index contributed by atoms with van der Waals surface area (Å²) < 4.78 is 9.62. The molecule has 0 bridgehead atoms. The molecular weight excluding hydrogens is 853 g/mol. The second-order valence-electron chi connectivity index (χ2n) is 16.1. The number of piperazine rings is 2. The minimum absolute atomic E-state index is 0.0479. The van der Waals surface area contributed by atoms with Crippen LogP contribution in [0.4, 0.5) is 21.0 Å². The van der Waals surface area contributed by atoms with Gasteiger partial charge in [-0.15, -0.1) is 0 Å². The predicted molar refractivity (Wildman–Crippen MR) is 249 cm³/mol. The highest BCUT2D eigenvalue weighted by molar-refractivity contribution is 7.99. The maximum Gasteiger partial charge on any atom is 0.409 e. The Morgan fingerprint density at radius 1 is 0.554 bits per heavy atom. The Kier molecular flexibility index (Phi) is 15.4. The van der Waals surface area contributed by atoms with E-state index in [1.165, 1.54) is 36.2 Å². The molecule has 0 radical (unpaired) electrons. The van der Waals surface area contributed by atoms with Crippen LogP contribution in [0.1, 0.15) is 61.8 Å². The average Bonchev–Trinajstić information content (AvgIpc) is 3.31. The van der Waals surface area contributed by atoms with Crippen molar-refractivity contribution in [3.8, 4) is 22.3 Å². The van der Waals surface area contributed by atoms with Gasteiger partial charge >= 0.3 is 12.2 Å². The number of hydrogen-bond donors (Lipinski definition) is 0. The van der Waals surface area contributed by atoms with Gasteiger partial charge in [0.2, 0.25) is 11.8 Å². The van der Waals surface area contributed by atoms with Crippen LogP contribution in [0, 0.1) is 20.2 Å². The Labute approximate surface area is 381 Å². The lowest BCUT2D eigenvalue weighted by molar-refractivity contribution is -0.387. The lowest BCUT2D eigenvalue weighted by Crippen LogP contribution is -2.50. The van der Waals surface area contributed by atoms with Crippen molar-refractivity contribution in [3.05, 3.63) is 127 Å². The minimum Gasteiger partial charge on any atom is -0.453 e. The monoisotopic (exact) mass is 904 g/mol. The normalized spacial score (nSPS) is 14.4. The number of nitro benzene ring substituents is 2. The molecule has 16 nitrogen and oxygen atoms in total. The van der Waals surface area contributed by atoms with Gasteiger partial charge < -0.3 is 29.1 Å². The number of methoxy groups -OCH3 is 2. The quantitative estimate of drug-likeness (QED) is 0.0750. The summed E-state index contributed by atoms with van der Waals surface area (Å²) in [4.78, 5) is 83.3. The van der Waals surface area contributed by atoms with Crippen molar-refractivity contribution in [2.24, 2.45) is 0 Å². The van der Waals surface area contributed by atoms with Crippen molar-refractivity contribution >= 4 is 59.3 Å². The molecule has 2 aliphatic rings. The number of amides is 4. The number of carbonyl (C=O) groups excluding carboxylic acids is 4. The van der Waals surface area contributed by atoms with E-state index in [4.69, 9.17) is 9.47 Å². The van der Waals surface area contributed by atoms with E-state index in [1.54, 1.807) is 70.5 Å². The topological polar surface area (TPSA) is 186 Å². The van der Waals surface area contributed by atoms with Crippen LogP contribution in [-0.4, -0.2) is 120 Å². The van der Waals surface area contributed by atoms with Crippen LogP contribution in [0.25, 0.3) is 34.4 Å². The van der Waals surface area contributed by atoms with Gasteiger partial charge in [-0.25, -0.2) is 9.59 Å². The molecule has 0 N–H and O–H groups in total. The second-order valence-corrected chi connectivity index (χ2v) is 17.2. The van der Waals surface area contributed by atoms with Gasteiger partial charge in [-0.05, 0) is 69.5 Å². The van der Waals surface area contributed by atoms with Gasteiger partial charge in [0.15, 0.2) is 0 Å². The van der Waals surface area contributed by atoms with Crippen molar-refractivity contribution in [2.75, 3.05) is 66.6 Å². The van der Waals surface area contributed by atoms with E-state index in [0.717, 1.165) is 22.9 Å². The van der Waals surface area contributed by atoms with Crippen LogP contribution < -0.4 is 0 Å². The molecule has 0 atom stereocenters. The van der Waals surface area contributed by atoms with E-state index in [2.05, 4.69) is 0 Å². The number of carbonyl (C=O) groups is 4. The fourth-order valence-electron chi connectivity index (χ4n) is 8.13. The maximum atomic E-state index is 13.5. The minimum atomic E-state index is -0.492. The van der Waals surface area contributed by atoms with Crippen molar-refractivity contribution in [1.82, 2.24) is 19.6 Å². The van der Waals surface area contributed by atoms with Gasteiger partial charge in [0.1, 0.15) is 0 Å². The largest absolute Gasteiger partial charge is 0.453 e. The van der Waals surface area contributed by atoms with Crippen molar-refractivity contribution in [2.45, 2.75) is 49.3 Å². The number of nitro groups is 2. The molecule has 4 aromatic carbocycles. The third-order valence-electron chi connectivity index (χ3n) is 11.5. The first-order valence-electron chi connectivity index (χ1n) is 21.2.